The first kappa shape index (κ1) is 23.2. The second-order valence-electron chi connectivity index (χ2n) is 10.1. The Bertz CT molecular complexity index is 1380. The van der Waals surface area contributed by atoms with E-state index in [1.54, 1.807) is 6.20 Å². The second kappa shape index (κ2) is 9.23. The van der Waals surface area contributed by atoms with Gasteiger partial charge in [0.15, 0.2) is 0 Å². The Hall–Kier alpha value is -3.58. The zero-order chi connectivity index (χ0) is 24.6. The summed E-state index contributed by atoms with van der Waals surface area (Å²) in [6.07, 6.45) is 3.81. The van der Waals surface area contributed by atoms with Gasteiger partial charge in [-0.15, -0.1) is 0 Å². The molecule has 2 N–H and O–H groups in total. The highest BCUT2D eigenvalue weighted by atomic mass is 16.5. The lowest BCUT2D eigenvalue weighted by molar-refractivity contribution is 0.0951. The van der Waals surface area contributed by atoms with Gasteiger partial charge in [-0.25, -0.2) is 0 Å². The molecular formula is C28H31N3O4. The molecule has 2 heterocycles. The average molecular weight is 474 g/mol. The number of benzene rings is 2. The third-order valence-corrected chi connectivity index (χ3v) is 5.91. The fourth-order valence-corrected chi connectivity index (χ4v) is 4.03. The van der Waals surface area contributed by atoms with E-state index in [1.807, 2.05) is 49.4 Å². The monoisotopic (exact) mass is 473 g/mol. The average Bonchev–Trinajstić information content (AvgIpc) is 3.55. The first-order valence-electron chi connectivity index (χ1n) is 12.1. The van der Waals surface area contributed by atoms with Crippen molar-refractivity contribution < 1.29 is 18.7 Å². The zero-order valence-electron chi connectivity index (χ0n) is 20.6. The highest BCUT2D eigenvalue weighted by Crippen LogP contribution is 2.34. The van der Waals surface area contributed by atoms with Crippen LogP contribution in [0.1, 0.15) is 49.7 Å². The van der Waals surface area contributed by atoms with Crippen LogP contribution in [0, 0.1) is 6.92 Å². The summed E-state index contributed by atoms with van der Waals surface area (Å²) >= 11 is 0. The molecule has 182 valence electrons. The highest BCUT2D eigenvalue weighted by Gasteiger charge is 2.27. The molecule has 2 aromatic heterocycles. The minimum atomic E-state index is -0.0789. The van der Waals surface area contributed by atoms with Crippen LogP contribution in [-0.4, -0.2) is 35.6 Å². The maximum Gasteiger partial charge on any atom is 0.255 e. The molecule has 0 unspecified atom stereocenters. The van der Waals surface area contributed by atoms with Gasteiger partial charge < -0.3 is 24.5 Å². The van der Waals surface area contributed by atoms with Gasteiger partial charge in [0.2, 0.25) is 0 Å². The van der Waals surface area contributed by atoms with E-state index in [4.69, 9.17) is 13.9 Å². The number of hydrogen-bond acceptors (Lipinski definition) is 6. The molecular weight excluding hydrogens is 442 g/mol. The number of nitrogens with zero attached hydrogens (tertiary/aromatic N) is 1. The fourth-order valence-electron chi connectivity index (χ4n) is 4.03. The Morgan fingerprint density at radius 1 is 1.09 bits per heavy atom. The molecule has 0 bridgehead atoms. The van der Waals surface area contributed by atoms with Crippen LogP contribution >= 0.6 is 0 Å². The summed E-state index contributed by atoms with van der Waals surface area (Å²) in [7, 11) is 0. The van der Waals surface area contributed by atoms with Gasteiger partial charge in [0.25, 0.3) is 5.91 Å². The highest BCUT2D eigenvalue weighted by molar-refractivity contribution is 6.07. The third kappa shape index (κ3) is 5.41. The van der Waals surface area contributed by atoms with E-state index in [-0.39, 0.29) is 11.4 Å². The minimum absolute atomic E-state index is 0.0580. The summed E-state index contributed by atoms with van der Waals surface area (Å²) in [6.45, 7) is 9.54. The van der Waals surface area contributed by atoms with Crippen molar-refractivity contribution in [3.8, 4) is 17.2 Å². The molecule has 0 aliphatic heterocycles. The van der Waals surface area contributed by atoms with Crippen molar-refractivity contribution in [1.82, 2.24) is 15.6 Å². The number of aromatic nitrogens is 1. The van der Waals surface area contributed by atoms with Gasteiger partial charge in [0.05, 0.1) is 11.1 Å². The SMILES string of the molecule is Cc1oc2cc(Oc3ccnc4cc(OCCNC(C)(C)C)ccc34)ccc2c1C(=O)NC1CC1. The van der Waals surface area contributed by atoms with E-state index in [9.17, 15) is 4.79 Å². The zero-order valence-corrected chi connectivity index (χ0v) is 20.6. The Morgan fingerprint density at radius 2 is 1.86 bits per heavy atom. The van der Waals surface area contributed by atoms with Gasteiger partial charge in [0, 0.05) is 47.2 Å². The summed E-state index contributed by atoms with van der Waals surface area (Å²) in [4.78, 5) is 17.1. The predicted octanol–water partition coefficient (Wildman–Crippen LogP) is 5.74. The van der Waals surface area contributed by atoms with E-state index in [1.165, 1.54) is 0 Å². The number of pyridine rings is 1. The first-order chi connectivity index (χ1) is 16.8. The Balaban J connectivity index is 1.33. The van der Waals surface area contributed by atoms with Crippen LogP contribution in [0.15, 0.2) is 53.1 Å². The molecule has 4 aromatic rings. The molecule has 1 aliphatic carbocycles. The molecule has 1 aliphatic rings. The van der Waals surface area contributed by atoms with E-state index >= 15 is 0 Å². The number of furan rings is 1. The van der Waals surface area contributed by atoms with E-state index in [0.717, 1.165) is 41.4 Å². The molecule has 1 amide bonds. The van der Waals surface area contributed by atoms with Crippen molar-refractivity contribution in [2.75, 3.05) is 13.2 Å². The summed E-state index contributed by atoms with van der Waals surface area (Å²) in [6, 6.07) is 13.5. The molecule has 0 atom stereocenters. The molecule has 35 heavy (non-hydrogen) atoms. The number of ether oxygens (including phenoxy) is 2. The van der Waals surface area contributed by atoms with Gasteiger partial charge in [-0.05, 0) is 70.9 Å². The van der Waals surface area contributed by atoms with Crippen LogP contribution in [0.25, 0.3) is 21.9 Å². The number of nitrogens with one attached hydrogen (secondary N) is 2. The normalized spacial score (nSPS) is 13.8. The summed E-state index contributed by atoms with van der Waals surface area (Å²) in [5, 5.41) is 8.12. The maximum absolute atomic E-state index is 12.6. The molecule has 1 saturated carbocycles. The molecule has 1 fully saturated rings. The largest absolute Gasteiger partial charge is 0.492 e. The van der Waals surface area contributed by atoms with E-state index in [0.29, 0.717) is 41.1 Å². The van der Waals surface area contributed by atoms with Crippen molar-refractivity contribution in [2.45, 2.75) is 52.1 Å². The predicted molar refractivity (Wildman–Crippen MR) is 137 cm³/mol. The van der Waals surface area contributed by atoms with Gasteiger partial charge in [-0.2, -0.15) is 0 Å². The number of rotatable bonds is 8. The number of carbonyl (C=O) groups excluding carboxylic acids is 1. The molecule has 0 saturated heterocycles. The Kier molecular flexibility index (Phi) is 6.11. The number of aryl methyl sites for hydroxylation is 1. The van der Waals surface area contributed by atoms with Crippen molar-refractivity contribution in [3.05, 3.63) is 60.0 Å². The van der Waals surface area contributed by atoms with E-state index < -0.39 is 0 Å². The van der Waals surface area contributed by atoms with Gasteiger partial charge in [0.1, 0.15) is 35.2 Å². The molecule has 7 heteroatoms. The number of carbonyl (C=O) groups is 1. The van der Waals surface area contributed by atoms with Crippen LogP contribution in [0.2, 0.25) is 0 Å². The molecule has 5 rings (SSSR count). The topological polar surface area (TPSA) is 85.6 Å². The molecule has 0 spiro atoms. The number of fused-ring (bicyclic) bond motifs is 2. The van der Waals surface area contributed by atoms with Gasteiger partial charge in [-0.3, -0.25) is 9.78 Å². The van der Waals surface area contributed by atoms with Crippen molar-refractivity contribution >= 4 is 27.8 Å². The molecule has 2 aromatic carbocycles. The van der Waals surface area contributed by atoms with Gasteiger partial charge >= 0.3 is 0 Å². The second-order valence-corrected chi connectivity index (χ2v) is 10.1. The van der Waals surface area contributed by atoms with Crippen molar-refractivity contribution in [1.29, 1.82) is 0 Å². The lowest BCUT2D eigenvalue weighted by atomic mass is 10.1. The number of amides is 1. The smallest absolute Gasteiger partial charge is 0.255 e. The Morgan fingerprint density at radius 3 is 2.63 bits per heavy atom. The fraction of sp³-hybridized carbons (Fsp3) is 0.357. The van der Waals surface area contributed by atoms with Gasteiger partial charge in [-0.1, -0.05) is 0 Å². The van der Waals surface area contributed by atoms with Crippen LogP contribution in [-0.2, 0) is 0 Å². The maximum atomic E-state index is 12.6. The van der Waals surface area contributed by atoms with Crippen molar-refractivity contribution in [3.63, 3.8) is 0 Å². The number of hydrogen-bond donors (Lipinski definition) is 2. The minimum Gasteiger partial charge on any atom is -0.492 e. The van der Waals surface area contributed by atoms with Crippen LogP contribution in [0.5, 0.6) is 17.2 Å². The standard InChI is InChI=1S/C28H31N3O4/c1-17-26(27(32)31-18-5-6-18)22-10-8-20(16-25(22)34-17)35-24-11-12-29-23-15-19(7-9-21(23)24)33-14-13-30-28(2,3)4/h7-12,15-16,18,30H,5-6,13-14H2,1-4H3,(H,31,32). The Labute approximate surface area is 204 Å². The van der Waals surface area contributed by atoms with Crippen molar-refractivity contribution in [2.24, 2.45) is 0 Å². The summed E-state index contributed by atoms with van der Waals surface area (Å²) in [5.74, 6) is 2.61. The summed E-state index contributed by atoms with van der Waals surface area (Å²) < 4.78 is 18.0. The quantitative estimate of drug-likeness (QED) is 0.317. The third-order valence-electron chi connectivity index (χ3n) is 5.91. The van der Waals surface area contributed by atoms with Crippen LogP contribution in [0.3, 0.4) is 0 Å². The lowest BCUT2D eigenvalue weighted by Crippen LogP contribution is -2.38. The van der Waals surface area contributed by atoms with Crippen LogP contribution in [0.4, 0.5) is 0 Å². The summed E-state index contributed by atoms with van der Waals surface area (Å²) in [5.41, 5.74) is 2.07. The van der Waals surface area contributed by atoms with E-state index in [2.05, 4.69) is 36.4 Å². The first-order valence-corrected chi connectivity index (χ1v) is 12.1. The molecule has 7 nitrogen and oxygen atoms in total. The van der Waals surface area contributed by atoms with Crippen LogP contribution < -0.4 is 20.1 Å². The molecule has 0 radical (unpaired) electrons. The lowest BCUT2D eigenvalue weighted by Gasteiger charge is -2.20.